The van der Waals surface area contributed by atoms with Crippen LogP contribution in [0.25, 0.3) is 11.5 Å². The van der Waals surface area contributed by atoms with Gasteiger partial charge in [-0.2, -0.15) is 5.10 Å². The zero-order valence-corrected chi connectivity index (χ0v) is 15.9. The Hall–Kier alpha value is -1.64. The molecule has 0 bridgehead atoms. The summed E-state index contributed by atoms with van der Waals surface area (Å²) in [4.78, 5) is 4.94. The molecule has 0 saturated heterocycles. The molecular formula is C15H11Br2N3O2S. The Morgan fingerprint density at radius 3 is 2.87 bits per heavy atom. The molecule has 3 aromatic rings. The zero-order valence-electron chi connectivity index (χ0n) is 11.9. The van der Waals surface area contributed by atoms with Gasteiger partial charge in [-0.25, -0.2) is 4.68 Å². The maximum Gasteiger partial charge on any atom is 0.206 e. The number of phenolic OH excluding ortho intramolecular Hbond substituents is 1. The Bertz CT molecular complexity index is 927. The normalized spacial score (nSPS) is 12.4. The Balaban J connectivity index is 2.09. The van der Waals surface area contributed by atoms with Crippen LogP contribution in [0, 0.1) is 0 Å². The van der Waals surface area contributed by atoms with Crippen molar-refractivity contribution in [1.82, 2.24) is 4.68 Å². The predicted molar refractivity (Wildman–Crippen MR) is 98.0 cm³/mol. The molecule has 0 aliphatic heterocycles. The van der Waals surface area contributed by atoms with E-state index in [1.807, 2.05) is 17.5 Å². The largest absolute Gasteiger partial charge is 0.506 e. The molecule has 118 valence electrons. The molecule has 5 nitrogen and oxygen atoms in total. The van der Waals surface area contributed by atoms with Gasteiger partial charge in [-0.3, -0.25) is 4.99 Å². The zero-order chi connectivity index (χ0) is 16.4. The summed E-state index contributed by atoms with van der Waals surface area (Å²) in [6, 6.07) is 7.24. The number of phenols is 1. The molecule has 0 radical (unpaired) electrons. The van der Waals surface area contributed by atoms with E-state index < -0.39 is 0 Å². The van der Waals surface area contributed by atoms with Gasteiger partial charge in [0.2, 0.25) is 4.80 Å². The lowest BCUT2D eigenvalue weighted by Crippen LogP contribution is -2.11. The van der Waals surface area contributed by atoms with E-state index in [0.717, 1.165) is 15.0 Å². The average Bonchev–Trinajstić information content (AvgIpc) is 3.17. The lowest BCUT2D eigenvalue weighted by atomic mass is 10.2. The van der Waals surface area contributed by atoms with Crippen LogP contribution in [0.1, 0.15) is 5.56 Å². The highest BCUT2D eigenvalue weighted by molar-refractivity contribution is 9.11. The molecule has 23 heavy (non-hydrogen) atoms. The van der Waals surface area contributed by atoms with Crippen molar-refractivity contribution >= 4 is 49.4 Å². The number of thiazole rings is 1. The molecule has 2 heterocycles. The minimum absolute atomic E-state index is 0.127. The number of aromatic hydroxyl groups is 1. The summed E-state index contributed by atoms with van der Waals surface area (Å²) in [6.45, 7) is 0. The van der Waals surface area contributed by atoms with Crippen molar-refractivity contribution in [3.05, 3.63) is 55.2 Å². The van der Waals surface area contributed by atoms with Crippen molar-refractivity contribution in [3.63, 3.8) is 0 Å². The Morgan fingerprint density at radius 1 is 1.35 bits per heavy atom. The Morgan fingerprint density at radius 2 is 2.17 bits per heavy atom. The van der Waals surface area contributed by atoms with Gasteiger partial charge in [-0.05, 0) is 40.2 Å². The maximum absolute atomic E-state index is 10.1. The van der Waals surface area contributed by atoms with Crippen LogP contribution in [-0.2, 0) is 0 Å². The minimum Gasteiger partial charge on any atom is -0.506 e. The molecule has 0 aliphatic carbocycles. The van der Waals surface area contributed by atoms with Crippen LogP contribution >= 0.6 is 43.2 Å². The van der Waals surface area contributed by atoms with Crippen molar-refractivity contribution in [3.8, 4) is 17.2 Å². The highest BCUT2D eigenvalue weighted by Gasteiger charge is 2.10. The standard InChI is InChI=1S/C15H11Br2N3O2S/c1-18-15-20(12(8-23-15)13-3-2-4-22-13)19-7-9-5-10(16)6-11(17)14(9)21/h2-8,21H,1H3. The highest BCUT2D eigenvalue weighted by atomic mass is 79.9. The third kappa shape index (κ3) is 3.34. The van der Waals surface area contributed by atoms with Gasteiger partial charge in [0.05, 0.1) is 17.0 Å². The van der Waals surface area contributed by atoms with Gasteiger partial charge >= 0.3 is 0 Å². The van der Waals surface area contributed by atoms with Crippen LogP contribution in [0.5, 0.6) is 5.75 Å². The number of hydrogen-bond donors (Lipinski definition) is 1. The summed E-state index contributed by atoms with van der Waals surface area (Å²) < 4.78 is 8.55. The topological polar surface area (TPSA) is 63.0 Å². The third-order valence-corrected chi connectivity index (χ3v) is 4.99. The van der Waals surface area contributed by atoms with E-state index in [9.17, 15) is 5.11 Å². The third-order valence-electron chi connectivity index (χ3n) is 3.02. The molecule has 0 aliphatic rings. The molecule has 3 rings (SSSR count). The quantitative estimate of drug-likeness (QED) is 0.591. The molecule has 0 unspecified atom stereocenters. The van der Waals surface area contributed by atoms with Crippen molar-refractivity contribution in [2.75, 3.05) is 7.05 Å². The predicted octanol–water partition coefficient (Wildman–Crippen LogP) is 4.45. The van der Waals surface area contributed by atoms with E-state index in [4.69, 9.17) is 4.42 Å². The minimum atomic E-state index is 0.127. The van der Waals surface area contributed by atoms with Gasteiger partial charge in [0.15, 0.2) is 5.76 Å². The van der Waals surface area contributed by atoms with E-state index in [0.29, 0.717) is 15.8 Å². The summed E-state index contributed by atoms with van der Waals surface area (Å²) in [7, 11) is 1.71. The van der Waals surface area contributed by atoms with Crippen LogP contribution in [0.2, 0.25) is 0 Å². The second-order valence-electron chi connectivity index (χ2n) is 4.49. The van der Waals surface area contributed by atoms with Crippen LogP contribution < -0.4 is 4.80 Å². The monoisotopic (exact) mass is 455 g/mol. The van der Waals surface area contributed by atoms with E-state index in [-0.39, 0.29) is 5.75 Å². The smallest absolute Gasteiger partial charge is 0.206 e. The second-order valence-corrected chi connectivity index (χ2v) is 7.09. The Labute approximate surface area is 152 Å². The number of nitrogens with zero attached hydrogens (tertiary/aromatic N) is 3. The SMILES string of the molecule is CN=c1scc(-c2ccco2)n1N=Cc1cc(Br)cc(Br)c1O. The van der Waals surface area contributed by atoms with E-state index in [1.54, 1.807) is 36.3 Å². The molecular weight excluding hydrogens is 446 g/mol. The molecule has 8 heteroatoms. The first-order chi connectivity index (χ1) is 11.1. The van der Waals surface area contributed by atoms with Gasteiger partial charge < -0.3 is 9.52 Å². The van der Waals surface area contributed by atoms with E-state index in [2.05, 4.69) is 42.0 Å². The number of furan rings is 1. The van der Waals surface area contributed by atoms with E-state index >= 15 is 0 Å². The molecule has 0 atom stereocenters. The van der Waals surface area contributed by atoms with Gasteiger partial charge in [0.25, 0.3) is 0 Å². The molecule has 2 aromatic heterocycles. The lowest BCUT2D eigenvalue weighted by Gasteiger charge is -2.04. The first-order valence-corrected chi connectivity index (χ1v) is 8.96. The van der Waals surface area contributed by atoms with Gasteiger partial charge in [0, 0.05) is 22.5 Å². The average molecular weight is 457 g/mol. The fraction of sp³-hybridized carbons (Fsp3) is 0.0667. The summed E-state index contributed by atoms with van der Waals surface area (Å²) in [5.41, 5.74) is 1.38. The van der Waals surface area contributed by atoms with Crippen molar-refractivity contribution in [2.24, 2.45) is 10.1 Å². The first kappa shape index (κ1) is 16.2. The Kier molecular flexibility index (Phi) is 4.84. The molecule has 0 fully saturated rings. The highest BCUT2D eigenvalue weighted by Crippen LogP contribution is 2.30. The van der Waals surface area contributed by atoms with Gasteiger partial charge in [-0.1, -0.05) is 15.9 Å². The van der Waals surface area contributed by atoms with Crippen LogP contribution in [0.15, 0.2) is 59.4 Å². The van der Waals surface area contributed by atoms with Crippen molar-refractivity contribution in [2.45, 2.75) is 0 Å². The molecule has 0 spiro atoms. The fourth-order valence-electron chi connectivity index (χ4n) is 1.96. The van der Waals surface area contributed by atoms with Gasteiger partial charge in [-0.15, -0.1) is 11.3 Å². The summed E-state index contributed by atoms with van der Waals surface area (Å²) in [5.74, 6) is 0.829. The fourth-order valence-corrected chi connectivity index (χ4v) is 4.00. The first-order valence-electron chi connectivity index (χ1n) is 6.49. The number of aromatic nitrogens is 1. The number of benzene rings is 1. The summed E-state index contributed by atoms with van der Waals surface area (Å²) >= 11 is 8.17. The van der Waals surface area contributed by atoms with Crippen molar-refractivity contribution < 1.29 is 9.52 Å². The molecule has 0 amide bonds. The number of hydrogen-bond acceptors (Lipinski definition) is 5. The van der Waals surface area contributed by atoms with Crippen LogP contribution in [-0.4, -0.2) is 23.0 Å². The lowest BCUT2D eigenvalue weighted by molar-refractivity contribution is 0.471. The summed E-state index contributed by atoms with van der Waals surface area (Å²) in [6.07, 6.45) is 3.19. The second kappa shape index (κ2) is 6.86. The van der Waals surface area contributed by atoms with Crippen LogP contribution in [0.3, 0.4) is 0 Å². The van der Waals surface area contributed by atoms with Crippen LogP contribution in [0.4, 0.5) is 0 Å². The van der Waals surface area contributed by atoms with Gasteiger partial charge in [0.1, 0.15) is 11.4 Å². The molecule has 1 aromatic carbocycles. The maximum atomic E-state index is 10.1. The number of halogens is 2. The molecule has 1 N–H and O–H groups in total. The molecule has 0 saturated carbocycles. The summed E-state index contributed by atoms with van der Waals surface area (Å²) in [5, 5.41) is 16.5. The number of rotatable bonds is 3. The van der Waals surface area contributed by atoms with E-state index in [1.165, 1.54) is 11.3 Å². The van der Waals surface area contributed by atoms with Crippen molar-refractivity contribution in [1.29, 1.82) is 0 Å².